The van der Waals surface area contributed by atoms with Crippen LogP contribution in [0.2, 0.25) is 0 Å². The van der Waals surface area contributed by atoms with E-state index in [1.807, 2.05) is 16.8 Å². The molecule has 2 unspecified atom stereocenters. The molecule has 0 spiro atoms. The van der Waals surface area contributed by atoms with E-state index in [9.17, 15) is 14.7 Å². The summed E-state index contributed by atoms with van der Waals surface area (Å²) in [4.78, 5) is 24.3. The Kier molecular flexibility index (Phi) is 6.18. The van der Waals surface area contributed by atoms with Gasteiger partial charge < -0.3 is 15.7 Å². The fraction of sp³-hybridized carbons (Fsp3) is 0.647. The minimum atomic E-state index is -1.11. The second-order valence-corrected chi connectivity index (χ2v) is 7.35. The summed E-state index contributed by atoms with van der Waals surface area (Å²) in [6.07, 6.45) is 5.18. The summed E-state index contributed by atoms with van der Waals surface area (Å²) in [6.45, 7) is 3.46. The van der Waals surface area contributed by atoms with Crippen LogP contribution in [0, 0.1) is 5.92 Å². The first-order valence-corrected chi connectivity index (χ1v) is 9.17. The lowest BCUT2D eigenvalue weighted by molar-refractivity contribution is -0.131. The number of rotatable bonds is 6. The average molecular weight is 338 g/mol. The standard InChI is InChI=1S/C17H26N2O3S/c1-12(19-16(21)13-6-4-3-5-7-13)15(20)18-11-17(2,22)14-8-9-23-10-14/h8-10,12-13,22H,3-7,11H2,1-2H3,(H,18,20)(H,19,21). The predicted molar refractivity (Wildman–Crippen MR) is 91.1 cm³/mol. The lowest BCUT2D eigenvalue weighted by atomic mass is 9.88. The van der Waals surface area contributed by atoms with Crippen molar-refractivity contribution in [2.75, 3.05) is 6.54 Å². The minimum absolute atomic E-state index is 0.0306. The number of nitrogens with one attached hydrogen (secondary N) is 2. The van der Waals surface area contributed by atoms with E-state index in [1.165, 1.54) is 17.8 Å². The van der Waals surface area contributed by atoms with Gasteiger partial charge in [0.15, 0.2) is 0 Å². The largest absolute Gasteiger partial charge is 0.384 e. The number of thiophene rings is 1. The van der Waals surface area contributed by atoms with Crippen LogP contribution in [0.15, 0.2) is 16.8 Å². The summed E-state index contributed by atoms with van der Waals surface area (Å²) in [6, 6.07) is 1.24. The van der Waals surface area contributed by atoms with Crippen LogP contribution in [0.4, 0.5) is 0 Å². The van der Waals surface area contributed by atoms with Gasteiger partial charge in [0.05, 0.1) is 6.54 Å². The molecule has 23 heavy (non-hydrogen) atoms. The van der Waals surface area contributed by atoms with Crippen molar-refractivity contribution in [2.45, 2.75) is 57.6 Å². The SMILES string of the molecule is CC(NC(=O)C1CCCCC1)C(=O)NCC(C)(O)c1ccsc1. The Balaban J connectivity index is 1.79. The van der Waals surface area contributed by atoms with Crippen molar-refractivity contribution in [1.29, 1.82) is 0 Å². The highest BCUT2D eigenvalue weighted by Gasteiger charge is 2.27. The molecule has 2 rings (SSSR count). The van der Waals surface area contributed by atoms with Crippen LogP contribution in [0.1, 0.15) is 51.5 Å². The molecule has 1 aromatic heterocycles. The molecule has 5 nitrogen and oxygen atoms in total. The van der Waals surface area contributed by atoms with Crippen molar-refractivity contribution in [1.82, 2.24) is 10.6 Å². The normalized spacial score (nSPS) is 19.6. The maximum Gasteiger partial charge on any atom is 0.242 e. The van der Waals surface area contributed by atoms with Gasteiger partial charge in [-0.1, -0.05) is 19.3 Å². The summed E-state index contributed by atoms with van der Waals surface area (Å²) in [5.74, 6) is -0.269. The molecule has 6 heteroatoms. The molecule has 0 saturated heterocycles. The van der Waals surface area contributed by atoms with Gasteiger partial charge >= 0.3 is 0 Å². The minimum Gasteiger partial charge on any atom is -0.384 e. The van der Waals surface area contributed by atoms with Crippen LogP contribution in [-0.2, 0) is 15.2 Å². The van der Waals surface area contributed by atoms with E-state index in [4.69, 9.17) is 0 Å². The Morgan fingerprint density at radius 1 is 1.39 bits per heavy atom. The smallest absolute Gasteiger partial charge is 0.242 e. The van der Waals surface area contributed by atoms with Gasteiger partial charge in [-0.3, -0.25) is 9.59 Å². The molecule has 1 saturated carbocycles. The van der Waals surface area contributed by atoms with Crippen molar-refractivity contribution >= 4 is 23.2 Å². The quantitative estimate of drug-likeness (QED) is 0.744. The fourth-order valence-corrected chi connectivity index (χ4v) is 3.63. The lowest BCUT2D eigenvalue weighted by Gasteiger charge is -2.25. The number of aliphatic hydroxyl groups is 1. The van der Waals surface area contributed by atoms with Crippen LogP contribution >= 0.6 is 11.3 Å². The molecule has 0 radical (unpaired) electrons. The van der Waals surface area contributed by atoms with Crippen molar-refractivity contribution in [2.24, 2.45) is 5.92 Å². The Labute approximate surface area is 141 Å². The highest BCUT2D eigenvalue weighted by molar-refractivity contribution is 7.08. The summed E-state index contributed by atoms with van der Waals surface area (Å²) < 4.78 is 0. The van der Waals surface area contributed by atoms with Crippen molar-refractivity contribution < 1.29 is 14.7 Å². The van der Waals surface area contributed by atoms with E-state index in [-0.39, 0.29) is 24.3 Å². The first kappa shape index (κ1) is 17.9. The third-order valence-electron chi connectivity index (χ3n) is 4.48. The third kappa shape index (κ3) is 5.04. The second-order valence-electron chi connectivity index (χ2n) is 6.57. The molecule has 1 aliphatic carbocycles. The Morgan fingerprint density at radius 2 is 2.09 bits per heavy atom. The number of hydrogen-bond acceptors (Lipinski definition) is 4. The van der Waals surface area contributed by atoms with E-state index in [0.29, 0.717) is 0 Å². The molecular formula is C17H26N2O3S. The molecule has 1 fully saturated rings. The summed E-state index contributed by atoms with van der Waals surface area (Å²) in [7, 11) is 0. The maximum absolute atomic E-state index is 12.2. The second kappa shape index (κ2) is 7.93. The number of hydrogen-bond donors (Lipinski definition) is 3. The lowest BCUT2D eigenvalue weighted by Crippen LogP contribution is -2.49. The van der Waals surface area contributed by atoms with E-state index < -0.39 is 11.6 Å². The molecular weight excluding hydrogens is 312 g/mol. The molecule has 1 aliphatic rings. The van der Waals surface area contributed by atoms with Gasteiger partial charge in [0.25, 0.3) is 0 Å². The zero-order valence-corrected chi connectivity index (χ0v) is 14.6. The highest BCUT2D eigenvalue weighted by Crippen LogP contribution is 2.24. The zero-order valence-electron chi connectivity index (χ0n) is 13.8. The molecule has 1 aromatic rings. The Hall–Kier alpha value is -1.40. The van der Waals surface area contributed by atoms with Gasteiger partial charge in [-0.2, -0.15) is 11.3 Å². The third-order valence-corrected chi connectivity index (χ3v) is 5.16. The molecule has 2 atom stereocenters. The van der Waals surface area contributed by atoms with Crippen LogP contribution in [0.25, 0.3) is 0 Å². The first-order chi connectivity index (χ1) is 10.9. The molecule has 0 aromatic carbocycles. The summed E-state index contributed by atoms with van der Waals surface area (Å²) in [5, 5.41) is 19.7. The maximum atomic E-state index is 12.2. The van der Waals surface area contributed by atoms with Gasteiger partial charge in [0.2, 0.25) is 11.8 Å². The molecule has 128 valence electrons. The Morgan fingerprint density at radius 3 is 2.70 bits per heavy atom. The van der Waals surface area contributed by atoms with Crippen LogP contribution in [0.5, 0.6) is 0 Å². The summed E-state index contributed by atoms with van der Waals surface area (Å²) >= 11 is 1.50. The number of carbonyl (C=O) groups is 2. The van der Waals surface area contributed by atoms with Crippen LogP contribution in [-0.4, -0.2) is 29.5 Å². The van der Waals surface area contributed by atoms with E-state index in [0.717, 1.165) is 31.2 Å². The number of carbonyl (C=O) groups excluding carboxylic acids is 2. The molecule has 3 N–H and O–H groups in total. The highest BCUT2D eigenvalue weighted by atomic mass is 32.1. The molecule has 2 amide bonds. The van der Waals surface area contributed by atoms with E-state index in [1.54, 1.807) is 13.8 Å². The number of amides is 2. The van der Waals surface area contributed by atoms with Crippen molar-refractivity contribution in [3.8, 4) is 0 Å². The van der Waals surface area contributed by atoms with E-state index >= 15 is 0 Å². The van der Waals surface area contributed by atoms with Gasteiger partial charge in [-0.25, -0.2) is 0 Å². The Bertz CT molecular complexity index is 522. The van der Waals surface area contributed by atoms with Crippen LogP contribution < -0.4 is 10.6 Å². The molecule has 1 heterocycles. The first-order valence-electron chi connectivity index (χ1n) is 8.23. The van der Waals surface area contributed by atoms with Gasteiger partial charge in [-0.15, -0.1) is 0 Å². The van der Waals surface area contributed by atoms with Gasteiger partial charge in [0.1, 0.15) is 11.6 Å². The predicted octanol–water partition coefficient (Wildman–Crippen LogP) is 2.16. The van der Waals surface area contributed by atoms with Crippen molar-refractivity contribution in [3.05, 3.63) is 22.4 Å². The van der Waals surface area contributed by atoms with Gasteiger partial charge in [0, 0.05) is 5.92 Å². The zero-order chi connectivity index (χ0) is 16.9. The average Bonchev–Trinajstić information content (AvgIpc) is 3.08. The summed E-state index contributed by atoms with van der Waals surface area (Å²) in [5.41, 5.74) is -0.329. The van der Waals surface area contributed by atoms with Gasteiger partial charge in [-0.05, 0) is 49.1 Å². The molecule has 0 bridgehead atoms. The van der Waals surface area contributed by atoms with E-state index in [2.05, 4.69) is 10.6 Å². The monoisotopic (exact) mass is 338 g/mol. The fourth-order valence-electron chi connectivity index (χ4n) is 2.85. The van der Waals surface area contributed by atoms with Crippen molar-refractivity contribution in [3.63, 3.8) is 0 Å². The van der Waals surface area contributed by atoms with Crippen LogP contribution in [0.3, 0.4) is 0 Å². The topological polar surface area (TPSA) is 78.4 Å². The molecule has 0 aliphatic heterocycles.